The summed E-state index contributed by atoms with van der Waals surface area (Å²) in [5, 5.41) is 3.46. The number of amides is 2. The topological polar surface area (TPSA) is 52.7 Å². The van der Waals surface area contributed by atoms with Gasteiger partial charge in [-0.1, -0.05) is 30.3 Å². The van der Waals surface area contributed by atoms with Crippen LogP contribution in [0.3, 0.4) is 0 Å². The number of aryl methyl sites for hydroxylation is 1. The third-order valence-electron chi connectivity index (χ3n) is 7.47. The van der Waals surface area contributed by atoms with E-state index in [1.54, 1.807) is 0 Å². The summed E-state index contributed by atoms with van der Waals surface area (Å²) in [5.74, 6) is 0.672. The van der Waals surface area contributed by atoms with E-state index in [0.29, 0.717) is 17.7 Å². The Morgan fingerprint density at radius 3 is 2.21 bits per heavy atom. The van der Waals surface area contributed by atoms with Crippen molar-refractivity contribution in [3.63, 3.8) is 0 Å². The molecule has 5 heteroatoms. The molecule has 4 rings (SSSR count). The van der Waals surface area contributed by atoms with E-state index < -0.39 is 0 Å². The van der Waals surface area contributed by atoms with Crippen LogP contribution in [0.5, 0.6) is 0 Å². The molecule has 0 bridgehead atoms. The maximum absolute atomic E-state index is 13.0. The number of hydrogen-bond donors (Lipinski definition) is 1. The molecule has 29 heavy (non-hydrogen) atoms. The van der Waals surface area contributed by atoms with Crippen molar-refractivity contribution < 1.29 is 9.59 Å². The van der Waals surface area contributed by atoms with E-state index in [2.05, 4.69) is 22.3 Å². The Bertz CT molecular complexity index is 681. The number of carbonyl (C=O) groups excluding carboxylic acids is 2. The van der Waals surface area contributed by atoms with Gasteiger partial charge < -0.3 is 15.1 Å². The molecule has 0 saturated carbocycles. The second-order valence-electron chi connectivity index (χ2n) is 9.22. The molecule has 1 N–H and O–H groups in total. The molecule has 0 radical (unpaired) electrons. The summed E-state index contributed by atoms with van der Waals surface area (Å²) >= 11 is 0. The normalized spacial score (nSPS) is 22.6. The molecule has 3 aliphatic rings. The lowest BCUT2D eigenvalue weighted by Gasteiger charge is -2.45. The summed E-state index contributed by atoms with van der Waals surface area (Å²) in [5.41, 5.74) is 1.69. The van der Waals surface area contributed by atoms with Gasteiger partial charge in [0.05, 0.1) is 0 Å². The smallest absolute Gasteiger partial charge is 0.225 e. The standard InChI is InChI=1S/C24H35N3O2/c28-22(7-6-20-4-2-1-3-5-20)26-16-8-21(9-17-26)23(29)27-18-12-24(13-19-27)10-14-25-15-11-24/h1-5,21,25H,6-19H2. The first-order valence-electron chi connectivity index (χ1n) is 11.5. The fourth-order valence-electron chi connectivity index (χ4n) is 5.35. The molecular formula is C24H35N3O2. The number of nitrogens with zero attached hydrogens (tertiary/aromatic N) is 2. The van der Waals surface area contributed by atoms with Gasteiger partial charge in [0.2, 0.25) is 11.8 Å². The molecule has 1 aromatic carbocycles. The number of carbonyl (C=O) groups is 2. The second kappa shape index (κ2) is 9.29. The number of nitrogens with one attached hydrogen (secondary N) is 1. The molecule has 1 aromatic rings. The molecule has 158 valence electrons. The van der Waals surface area contributed by atoms with Gasteiger partial charge in [0.15, 0.2) is 0 Å². The third-order valence-corrected chi connectivity index (χ3v) is 7.47. The minimum atomic E-state index is 0.107. The molecule has 0 aliphatic carbocycles. The molecule has 3 heterocycles. The highest BCUT2D eigenvalue weighted by Crippen LogP contribution is 2.40. The van der Waals surface area contributed by atoms with Crippen molar-refractivity contribution in [2.45, 2.75) is 51.4 Å². The van der Waals surface area contributed by atoms with Gasteiger partial charge in [-0.15, -0.1) is 0 Å². The van der Waals surface area contributed by atoms with E-state index in [0.717, 1.165) is 71.4 Å². The zero-order valence-electron chi connectivity index (χ0n) is 17.6. The van der Waals surface area contributed by atoms with Crippen molar-refractivity contribution >= 4 is 11.8 Å². The maximum atomic E-state index is 13.0. The quantitative estimate of drug-likeness (QED) is 0.850. The van der Waals surface area contributed by atoms with E-state index in [1.165, 1.54) is 18.4 Å². The predicted molar refractivity (Wildman–Crippen MR) is 114 cm³/mol. The number of hydrogen-bond acceptors (Lipinski definition) is 3. The summed E-state index contributed by atoms with van der Waals surface area (Å²) in [7, 11) is 0. The highest BCUT2D eigenvalue weighted by atomic mass is 16.2. The summed E-state index contributed by atoms with van der Waals surface area (Å²) in [4.78, 5) is 29.6. The molecule has 5 nitrogen and oxygen atoms in total. The van der Waals surface area contributed by atoms with Crippen LogP contribution in [-0.4, -0.2) is 60.9 Å². The van der Waals surface area contributed by atoms with E-state index in [-0.39, 0.29) is 11.8 Å². The fraction of sp³-hybridized carbons (Fsp3) is 0.667. The van der Waals surface area contributed by atoms with Gasteiger partial charge >= 0.3 is 0 Å². The molecular weight excluding hydrogens is 362 g/mol. The first-order chi connectivity index (χ1) is 14.2. The Morgan fingerprint density at radius 1 is 0.897 bits per heavy atom. The van der Waals surface area contributed by atoms with Gasteiger partial charge in [0.25, 0.3) is 0 Å². The van der Waals surface area contributed by atoms with E-state index in [4.69, 9.17) is 0 Å². The Balaban J connectivity index is 1.20. The zero-order chi connectivity index (χ0) is 20.1. The second-order valence-corrected chi connectivity index (χ2v) is 9.22. The minimum absolute atomic E-state index is 0.107. The van der Waals surface area contributed by atoms with Gasteiger partial charge in [0.1, 0.15) is 0 Å². The van der Waals surface area contributed by atoms with Crippen molar-refractivity contribution in [2.24, 2.45) is 11.3 Å². The van der Waals surface area contributed by atoms with Crippen LogP contribution in [0.15, 0.2) is 30.3 Å². The number of benzene rings is 1. The molecule has 2 amide bonds. The van der Waals surface area contributed by atoms with E-state index in [9.17, 15) is 9.59 Å². The number of rotatable bonds is 4. The van der Waals surface area contributed by atoms with Gasteiger partial charge in [-0.3, -0.25) is 9.59 Å². The average molecular weight is 398 g/mol. The monoisotopic (exact) mass is 397 g/mol. The fourth-order valence-corrected chi connectivity index (χ4v) is 5.35. The van der Waals surface area contributed by atoms with Crippen molar-refractivity contribution in [3.8, 4) is 0 Å². The maximum Gasteiger partial charge on any atom is 0.225 e. The lowest BCUT2D eigenvalue weighted by molar-refractivity contribution is -0.142. The Hall–Kier alpha value is -1.88. The highest BCUT2D eigenvalue weighted by molar-refractivity contribution is 5.80. The van der Waals surface area contributed by atoms with Crippen LogP contribution >= 0.6 is 0 Å². The average Bonchev–Trinajstić information content (AvgIpc) is 2.79. The van der Waals surface area contributed by atoms with Crippen LogP contribution in [0, 0.1) is 11.3 Å². The van der Waals surface area contributed by atoms with Crippen molar-refractivity contribution in [1.29, 1.82) is 0 Å². The van der Waals surface area contributed by atoms with Gasteiger partial charge in [-0.25, -0.2) is 0 Å². The highest BCUT2D eigenvalue weighted by Gasteiger charge is 2.38. The summed E-state index contributed by atoms with van der Waals surface area (Å²) < 4.78 is 0. The summed E-state index contributed by atoms with van der Waals surface area (Å²) in [6.45, 7) is 5.57. The zero-order valence-corrected chi connectivity index (χ0v) is 17.6. The summed E-state index contributed by atoms with van der Waals surface area (Å²) in [6, 6.07) is 10.2. The molecule has 3 aliphatic heterocycles. The van der Waals surface area contributed by atoms with E-state index in [1.807, 2.05) is 23.1 Å². The van der Waals surface area contributed by atoms with E-state index >= 15 is 0 Å². The molecule has 1 spiro atoms. The lowest BCUT2D eigenvalue weighted by atomic mass is 9.71. The first kappa shape index (κ1) is 20.4. The van der Waals surface area contributed by atoms with Crippen molar-refractivity contribution in [2.75, 3.05) is 39.3 Å². The lowest BCUT2D eigenvalue weighted by Crippen LogP contribution is -2.50. The largest absolute Gasteiger partial charge is 0.343 e. The van der Waals surface area contributed by atoms with Gasteiger partial charge in [-0.2, -0.15) is 0 Å². The van der Waals surface area contributed by atoms with Crippen LogP contribution in [0.2, 0.25) is 0 Å². The minimum Gasteiger partial charge on any atom is -0.343 e. The first-order valence-corrected chi connectivity index (χ1v) is 11.5. The Labute approximate surface area is 174 Å². The van der Waals surface area contributed by atoms with Gasteiger partial charge in [-0.05, 0) is 69.0 Å². The van der Waals surface area contributed by atoms with Crippen molar-refractivity contribution in [1.82, 2.24) is 15.1 Å². The number of piperidine rings is 3. The Kier molecular flexibility index (Phi) is 6.53. The molecule has 0 unspecified atom stereocenters. The Morgan fingerprint density at radius 2 is 1.55 bits per heavy atom. The molecule has 3 saturated heterocycles. The van der Waals surface area contributed by atoms with Crippen LogP contribution < -0.4 is 5.32 Å². The summed E-state index contributed by atoms with van der Waals surface area (Å²) in [6.07, 6.45) is 7.85. The third kappa shape index (κ3) is 5.00. The molecule has 0 atom stereocenters. The predicted octanol–water partition coefficient (Wildman–Crippen LogP) is 2.85. The van der Waals surface area contributed by atoms with Crippen LogP contribution in [0.1, 0.15) is 50.5 Å². The van der Waals surface area contributed by atoms with Crippen LogP contribution in [0.25, 0.3) is 0 Å². The van der Waals surface area contributed by atoms with Crippen LogP contribution in [-0.2, 0) is 16.0 Å². The number of likely N-dealkylation sites (tertiary alicyclic amines) is 2. The van der Waals surface area contributed by atoms with Gasteiger partial charge in [0, 0.05) is 38.5 Å². The molecule has 0 aromatic heterocycles. The molecule has 3 fully saturated rings. The van der Waals surface area contributed by atoms with Crippen molar-refractivity contribution in [3.05, 3.63) is 35.9 Å². The SMILES string of the molecule is O=C(CCc1ccccc1)N1CCC(C(=O)N2CCC3(CCNCC3)CC2)CC1. The van der Waals surface area contributed by atoms with Crippen LogP contribution in [0.4, 0.5) is 0 Å².